The molecule has 8 heteroatoms. The maximum atomic E-state index is 11.3. The molecule has 0 aromatic carbocycles. The van der Waals surface area contributed by atoms with Crippen LogP contribution in [-0.4, -0.2) is 85.7 Å². The van der Waals surface area contributed by atoms with Gasteiger partial charge in [0.1, 0.15) is 0 Å². The zero-order valence-corrected chi connectivity index (χ0v) is 13.7. The van der Waals surface area contributed by atoms with Crippen molar-refractivity contribution in [2.45, 2.75) is 25.4 Å². The minimum atomic E-state index is -1.29. The number of nitrogens with zero attached hydrogens (tertiary/aromatic N) is 2. The molecule has 0 spiro atoms. The molecule has 0 aromatic rings. The van der Waals surface area contributed by atoms with Gasteiger partial charge in [-0.15, -0.1) is 0 Å². The highest BCUT2D eigenvalue weighted by Gasteiger charge is 2.23. The fourth-order valence-corrected chi connectivity index (χ4v) is 1.48. The van der Waals surface area contributed by atoms with Gasteiger partial charge >= 0.3 is 5.97 Å². The Bertz CT molecular complexity index is 373. The maximum absolute atomic E-state index is 11.3. The second-order valence-electron chi connectivity index (χ2n) is 5.09. The SMILES string of the molecule is CNCCN(C)C(O)O[C@@H](CC/C=C/C(=O)N(C)C)C(=O)O. The number of likely N-dealkylation sites (N-methyl/N-ethyl adjacent to an activating group) is 3. The van der Waals surface area contributed by atoms with Crippen LogP contribution in [-0.2, 0) is 14.3 Å². The third-order valence-corrected chi connectivity index (χ3v) is 2.95. The van der Waals surface area contributed by atoms with Crippen LogP contribution in [0, 0.1) is 0 Å². The molecular formula is C14H27N3O5. The van der Waals surface area contributed by atoms with Crippen LogP contribution in [0.25, 0.3) is 0 Å². The van der Waals surface area contributed by atoms with Crippen molar-refractivity contribution in [1.82, 2.24) is 15.1 Å². The van der Waals surface area contributed by atoms with E-state index in [0.717, 1.165) is 0 Å². The average molecular weight is 317 g/mol. The highest BCUT2D eigenvalue weighted by molar-refractivity contribution is 5.87. The summed E-state index contributed by atoms with van der Waals surface area (Å²) in [5, 5.41) is 21.8. The Balaban J connectivity index is 4.32. The number of carboxylic acids is 1. The number of hydrogen-bond donors (Lipinski definition) is 3. The summed E-state index contributed by atoms with van der Waals surface area (Å²) in [6.45, 7) is 1.16. The van der Waals surface area contributed by atoms with Gasteiger partial charge in [-0.25, -0.2) is 4.79 Å². The number of ether oxygens (including phenoxy) is 1. The molecule has 0 saturated heterocycles. The zero-order chi connectivity index (χ0) is 17.1. The van der Waals surface area contributed by atoms with Crippen molar-refractivity contribution in [2.75, 3.05) is 41.3 Å². The molecule has 0 radical (unpaired) electrons. The number of aliphatic hydroxyl groups is 1. The Morgan fingerprint density at radius 3 is 2.45 bits per heavy atom. The van der Waals surface area contributed by atoms with Crippen molar-refractivity contribution in [3.63, 3.8) is 0 Å². The smallest absolute Gasteiger partial charge is 0.333 e. The van der Waals surface area contributed by atoms with Crippen molar-refractivity contribution in [3.05, 3.63) is 12.2 Å². The number of aliphatic hydroxyl groups excluding tert-OH is 1. The summed E-state index contributed by atoms with van der Waals surface area (Å²) < 4.78 is 5.15. The monoisotopic (exact) mass is 317 g/mol. The summed E-state index contributed by atoms with van der Waals surface area (Å²) in [4.78, 5) is 25.4. The van der Waals surface area contributed by atoms with Gasteiger partial charge in [-0.1, -0.05) is 6.08 Å². The number of amides is 1. The summed E-state index contributed by atoms with van der Waals surface area (Å²) in [6.07, 6.45) is 1.09. The Morgan fingerprint density at radius 1 is 1.32 bits per heavy atom. The predicted molar refractivity (Wildman–Crippen MR) is 82.1 cm³/mol. The topological polar surface area (TPSA) is 102 Å². The number of rotatable bonds is 11. The molecule has 1 unspecified atom stereocenters. The predicted octanol–water partition coefficient (Wildman–Crippen LogP) is -0.692. The fraction of sp³-hybridized carbons (Fsp3) is 0.714. The Labute approximate surface area is 131 Å². The number of carbonyl (C=O) groups is 2. The summed E-state index contributed by atoms with van der Waals surface area (Å²) in [7, 11) is 6.68. The number of nitrogens with one attached hydrogen (secondary N) is 1. The van der Waals surface area contributed by atoms with E-state index in [0.29, 0.717) is 19.5 Å². The van der Waals surface area contributed by atoms with Crippen LogP contribution in [0.5, 0.6) is 0 Å². The normalized spacial score (nSPS) is 14.3. The first-order chi connectivity index (χ1) is 10.3. The van der Waals surface area contributed by atoms with E-state index in [-0.39, 0.29) is 12.3 Å². The Kier molecular flexibility index (Phi) is 10.4. The van der Waals surface area contributed by atoms with Gasteiger partial charge in [0.05, 0.1) is 0 Å². The molecule has 0 rings (SSSR count). The zero-order valence-electron chi connectivity index (χ0n) is 13.7. The lowest BCUT2D eigenvalue weighted by atomic mass is 10.2. The van der Waals surface area contributed by atoms with Crippen LogP contribution in [0.2, 0.25) is 0 Å². The van der Waals surface area contributed by atoms with Gasteiger partial charge in [-0.3, -0.25) is 9.69 Å². The number of carbonyl (C=O) groups excluding carboxylic acids is 1. The molecule has 0 heterocycles. The first-order valence-corrected chi connectivity index (χ1v) is 7.08. The van der Waals surface area contributed by atoms with Crippen molar-refractivity contribution in [2.24, 2.45) is 0 Å². The third-order valence-electron chi connectivity index (χ3n) is 2.95. The standard InChI is InChI=1S/C14H27N3O5/c1-15-9-10-17(4)14(21)22-11(13(19)20)7-5-6-8-12(18)16(2)3/h6,8,11,14-15,21H,5,7,9-10H2,1-4H3,(H,19,20)/b8-6+/t11-,14?/m0/s1. The lowest BCUT2D eigenvalue weighted by molar-refractivity contribution is -0.218. The van der Waals surface area contributed by atoms with Crippen molar-refractivity contribution >= 4 is 11.9 Å². The first-order valence-electron chi connectivity index (χ1n) is 7.08. The van der Waals surface area contributed by atoms with Gasteiger partial charge in [-0.05, 0) is 33.0 Å². The molecule has 0 aliphatic carbocycles. The van der Waals surface area contributed by atoms with Gasteiger partial charge in [0.15, 0.2) is 6.10 Å². The minimum absolute atomic E-state index is 0.167. The first kappa shape index (κ1) is 20.5. The molecular weight excluding hydrogens is 290 g/mol. The van der Waals surface area contributed by atoms with Gasteiger partial charge in [0.2, 0.25) is 12.3 Å². The molecule has 0 aliphatic heterocycles. The number of allylic oxidation sites excluding steroid dienone is 1. The van der Waals surface area contributed by atoms with E-state index in [1.165, 1.54) is 15.9 Å². The van der Waals surface area contributed by atoms with Gasteiger partial charge in [0.25, 0.3) is 0 Å². The van der Waals surface area contributed by atoms with Crippen LogP contribution in [0.4, 0.5) is 0 Å². The minimum Gasteiger partial charge on any atom is -0.479 e. The van der Waals surface area contributed by atoms with Crippen LogP contribution < -0.4 is 5.32 Å². The summed E-state index contributed by atoms with van der Waals surface area (Å²) in [5.41, 5.74) is 0. The summed E-state index contributed by atoms with van der Waals surface area (Å²) >= 11 is 0. The maximum Gasteiger partial charge on any atom is 0.333 e. The van der Waals surface area contributed by atoms with Crippen LogP contribution in [0.3, 0.4) is 0 Å². The molecule has 0 aliphatic rings. The largest absolute Gasteiger partial charge is 0.479 e. The van der Waals surface area contributed by atoms with E-state index in [9.17, 15) is 14.7 Å². The molecule has 22 heavy (non-hydrogen) atoms. The van der Waals surface area contributed by atoms with Gasteiger partial charge in [-0.2, -0.15) is 0 Å². The average Bonchev–Trinajstić information content (AvgIpc) is 2.46. The lowest BCUT2D eigenvalue weighted by Crippen LogP contribution is -2.41. The van der Waals surface area contributed by atoms with E-state index in [4.69, 9.17) is 9.84 Å². The molecule has 1 amide bonds. The highest BCUT2D eigenvalue weighted by atomic mass is 16.6. The number of hydrogen-bond acceptors (Lipinski definition) is 6. The van der Waals surface area contributed by atoms with Crippen molar-refractivity contribution in [3.8, 4) is 0 Å². The van der Waals surface area contributed by atoms with E-state index < -0.39 is 18.5 Å². The summed E-state index contributed by atoms with van der Waals surface area (Å²) in [6, 6.07) is 0. The molecule has 0 aromatic heterocycles. The third kappa shape index (κ3) is 8.73. The van der Waals surface area contributed by atoms with Gasteiger partial charge < -0.3 is 25.2 Å². The fourth-order valence-electron chi connectivity index (χ4n) is 1.48. The molecule has 0 fully saturated rings. The van der Waals surface area contributed by atoms with E-state index in [2.05, 4.69) is 5.32 Å². The van der Waals surface area contributed by atoms with Gasteiger partial charge in [0, 0.05) is 27.2 Å². The molecule has 3 N–H and O–H groups in total. The molecule has 2 atom stereocenters. The molecule has 128 valence electrons. The molecule has 0 saturated carbocycles. The van der Waals surface area contributed by atoms with Crippen LogP contribution in [0.15, 0.2) is 12.2 Å². The second kappa shape index (κ2) is 11.1. The Hall–Kier alpha value is -1.48. The van der Waals surface area contributed by atoms with Crippen molar-refractivity contribution in [1.29, 1.82) is 0 Å². The van der Waals surface area contributed by atoms with E-state index >= 15 is 0 Å². The Morgan fingerprint density at radius 2 is 1.95 bits per heavy atom. The lowest BCUT2D eigenvalue weighted by Gasteiger charge is -2.25. The van der Waals surface area contributed by atoms with E-state index in [1.807, 2.05) is 0 Å². The quantitative estimate of drug-likeness (QED) is 0.342. The van der Waals surface area contributed by atoms with Crippen LogP contribution in [0.1, 0.15) is 12.8 Å². The van der Waals surface area contributed by atoms with Crippen molar-refractivity contribution < 1.29 is 24.5 Å². The molecule has 8 nitrogen and oxygen atoms in total. The number of aliphatic carboxylic acids is 1. The second-order valence-corrected chi connectivity index (χ2v) is 5.09. The molecule has 0 bridgehead atoms. The van der Waals surface area contributed by atoms with Crippen LogP contribution >= 0.6 is 0 Å². The number of carboxylic acid groups (broad SMARTS) is 1. The van der Waals surface area contributed by atoms with E-state index in [1.54, 1.807) is 34.3 Å². The highest BCUT2D eigenvalue weighted by Crippen LogP contribution is 2.08. The summed E-state index contributed by atoms with van der Waals surface area (Å²) in [5.74, 6) is -1.31.